The number of carboxylic acid groups (broad SMARTS) is 2. The van der Waals surface area contributed by atoms with E-state index in [-0.39, 0.29) is 16.8 Å². The molecule has 1 rings (SSSR count). The van der Waals surface area contributed by atoms with Gasteiger partial charge in [-0.15, -0.1) is 0 Å². The molecule has 0 radical (unpaired) electrons. The zero-order valence-corrected chi connectivity index (χ0v) is 10.5. The average molecular weight is 274 g/mol. The summed E-state index contributed by atoms with van der Waals surface area (Å²) in [5.41, 5.74) is -0.744. The third kappa shape index (κ3) is 4.93. The molecule has 0 aromatic heterocycles. The maximum absolute atomic E-state index is 10.6. The number of nitrogens with one attached hydrogen (secondary N) is 1. The van der Waals surface area contributed by atoms with Gasteiger partial charge in [0.25, 0.3) is 0 Å². The molecule has 1 aromatic carbocycles. The molecule has 7 nitrogen and oxygen atoms in total. The fourth-order valence-corrected chi connectivity index (χ4v) is 1.34. The van der Waals surface area contributed by atoms with E-state index in [1.54, 1.807) is 0 Å². The standard InChI is InChI=1S/C8H7NO6S.C2H6/c10-7(11)4-1-5(8(12)13)3-6(2-4)9-16(14)15;1-2/h1-3,9H,(H,10,11)(H,12,13)(H,14,15);1-2H3/p-1. The Morgan fingerprint density at radius 3 is 1.78 bits per heavy atom. The Morgan fingerprint density at radius 2 is 1.50 bits per heavy atom. The lowest BCUT2D eigenvalue weighted by Crippen LogP contribution is -2.07. The van der Waals surface area contributed by atoms with Gasteiger partial charge in [0.15, 0.2) is 0 Å². The smallest absolute Gasteiger partial charge is 0.335 e. The molecule has 0 saturated carbocycles. The number of hydrogen-bond donors (Lipinski definition) is 3. The van der Waals surface area contributed by atoms with Crippen molar-refractivity contribution in [2.45, 2.75) is 13.8 Å². The van der Waals surface area contributed by atoms with Crippen molar-refractivity contribution >= 4 is 28.9 Å². The third-order valence-corrected chi connectivity index (χ3v) is 2.03. The second-order valence-corrected chi connectivity index (χ2v) is 3.42. The molecule has 1 atom stereocenters. The molecule has 3 N–H and O–H groups in total. The molecule has 18 heavy (non-hydrogen) atoms. The first-order chi connectivity index (χ1) is 8.40. The van der Waals surface area contributed by atoms with Gasteiger partial charge in [0.2, 0.25) is 0 Å². The monoisotopic (exact) mass is 274 g/mol. The Labute approximate surface area is 106 Å². The molecular weight excluding hydrogens is 262 g/mol. The van der Waals surface area contributed by atoms with Gasteiger partial charge < -0.3 is 19.5 Å². The van der Waals surface area contributed by atoms with Crippen molar-refractivity contribution < 1.29 is 28.6 Å². The molecule has 0 aliphatic carbocycles. The summed E-state index contributed by atoms with van der Waals surface area (Å²) in [6, 6.07) is 2.97. The van der Waals surface area contributed by atoms with Crippen LogP contribution in [0.15, 0.2) is 18.2 Å². The van der Waals surface area contributed by atoms with Crippen molar-refractivity contribution in [3.05, 3.63) is 29.3 Å². The first-order valence-electron chi connectivity index (χ1n) is 4.87. The zero-order chi connectivity index (χ0) is 14.3. The summed E-state index contributed by atoms with van der Waals surface area (Å²) in [4.78, 5) is 21.3. The van der Waals surface area contributed by atoms with Crippen LogP contribution in [0.5, 0.6) is 0 Å². The number of anilines is 1. The Hall–Kier alpha value is -1.93. The minimum atomic E-state index is -2.65. The second-order valence-electron chi connectivity index (χ2n) is 2.75. The van der Waals surface area contributed by atoms with Crippen LogP contribution in [0.25, 0.3) is 0 Å². The summed E-state index contributed by atoms with van der Waals surface area (Å²) in [6.07, 6.45) is 0. The summed E-state index contributed by atoms with van der Waals surface area (Å²) in [5, 5.41) is 17.3. The van der Waals surface area contributed by atoms with Gasteiger partial charge in [-0.05, 0) is 18.2 Å². The zero-order valence-electron chi connectivity index (χ0n) is 9.67. The number of benzene rings is 1. The van der Waals surface area contributed by atoms with E-state index in [9.17, 15) is 18.4 Å². The van der Waals surface area contributed by atoms with E-state index < -0.39 is 23.2 Å². The molecule has 0 aliphatic rings. The van der Waals surface area contributed by atoms with E-state index >= 15 is 0 Å². The maximum Gasteiger partial charge on any atom is 0.335 e. The fourth-order valence-electron chi connectivity index (χ4n) is 1.03. The predicted molar refractivity (Wildman–Crippen MR) is 64.3 cm³/mol. The highest BCUT2D eigenvalue weighted by molar-refractivity contribution is 7.80. The molecule has 1 unspecified atom stereocenters. The lowest BCUT2D eigenvalue weighted by molar-refractivity contribution is 0.0696. The van der Waals surface area contributed by atoms with Crippen molar-refractivity contribution in [2.75, 3.05) is 4.72 Å². The third-order valence-electron chi connectivity index (χ3n) is 1.63. The summed E-state index contributed by atoms with van der Waals surface area (Å²) >= 11 is -2.65. The average Bonchev–Trinajstić information content (AvgIpc) is 2.30. The lowest BCUT2D eigenvalue weighted by atomic mass is 10.1. The van der Waals surface area contributed by atoms with Crippen LogP contribution in [0.4, 0.5) is 5.69 Å². The van der Waals surface area contributed by atoms with Crippen molar-refractivity contribution in [2.24, 2.45) is 0 Å². The van der Waals surface area contributed by atoms with Gasteiger partial charge in [-0.2, -0.15) is 0 Å². The normalized spacial score (nSPS) is 10.8. The van der Waals surface area contributed by atoms with E-state index in [2.05, 4.69) is 0 Å². The SMILES string of the molecule is CC.O=C(O)c1cc(NS(=O)[O-])cc(C(=O)O)c1. The van der Waals surface area contributed by atoms with Gasteiger partial charge in [-0.25, -0.2) is 9.59 Å². The van der Waals surface area contributed by atoms with Crippen molar-refractivity contribution in [3.63, 3.8) is 0 Å². The Kier molecular flexibility index (Phi) is 6.61. The minimum Gasteiger partial charge on any atom is -0.755 e. The quantitative estimate of drug-likeness (QED) is 0.710. The van der Waals surface area contributed by atoms with Crippen LogP contribution in [0.3, 0.4) is 0 Å². The largest absolute Gasteiger partial charge is 0.755 e. The highest BCUT2D eigenvalue weighted by Gasteiger charge is 2.11. The highest BCUT2D eigenvalue weighted by Crippen LogP contribution is 2.15. The molecule has 0 saturated heterocycles. The summed E-state index contributed by atoms with van der Waals surface area (Å²) in [7, 11) is 0. The van der Waals surface area contributed by atoms with E-state index in [0.29, 0.717) is 0 Å². The topological polar surface area (TPSA) is 127 Å². The molecule has 1 aromatic rings. The van der Waals surface area contributed by atoms with E-state index in [4.69, 9.17) is 10.2 Å². The maximum atomic E-state index is 10.6. The Morgan fingerprint density at radius 1 is 1.11 bits per heavy atom. The minimum absolute atomic E-state index is 0.120. The summed E-state index contributed by atoms with van der Waals surface area (Å²) in [5.74, 6) is -2.69. The van der Waals surface area contributed by atoms with Crippen molar-refractivity contribution in [1.29, 1.82) is 0 Å². The summed E-state index contributed by atoms with van der Waals surface area (Å²) in [6.45, 7) is 4.00. The van der Waals surface area contributed by atoms with Gasteiger partial charge in [-0.3, -0.25) is 4.21 Å². The van der Waals surface area contributed by atoms with E-state index in [0.717, 1.165) is 18.2 Å². The molecule has 0 spiro atoms. The van der Waals surface area contributed by atoms with Crippen molar-refractivity contribution in [1.82, 2.24) is 0 Å². The van der Waals surface area contributed by atoms with Crippen LogP contribution in [0, 0.1) is 0 Å². The molecule has 0 bridgehead atoms. The van der Waals surface area contributed by atoms with Crippen LogP contribution >= 0.6 is 0 Å². The van der Waals surface area contributed by atoms with Crippen LogP contribution in [0.2, 0.25) is 0 Å². The van der Waals surface area contributed by atoms with Gasteiger partial charge >= 0.3 is 11.9 Å². The number of rotatable bonds is 4. The van der Waals surface area contributed by atoms with Crippen molar-refractivity contribution in [3.8, 4) is 0 Å². The van der Waals surface area contributed by atoms with E-state index in [1.807, 2.05) is 18.6 Å². The Balaban J connectivity index is 0.00000137. The molecule has 0 heterocycles. The first-order valence-corrected chi connectivity index (χ1v) is 5.95. The molecule has 8 heteroatoms. The number of aromatic carboxylic acids is 2. The predicted octanol–water partition coefficient (Wildman–Crippen LogP) is 1.32. The van der Waals surface area contributed by atoms with Crippen LogP contribution in [0.1, 0.15) is 34.6 Å². The molecule has 100 valence electrons. The van der Waals surface area contributed by atoms with Crippen LogP contribution < -0.4 is 4.72 Å². The van der Waals surface area contributed by atoms with Gasteiger partial charge in [0.1, 0.15) is 0 Å². The van der Waals surface area contributed by atoms with Gasteiger partial charge in [-0.1, -0.05) is 13.8 Å². The Bertz CT molecular complexity index is 441. The number of hydrogen-bond acceptors (Lipinski definition) is 4. The molecule has 0 amide bonds. The summed E-state index contributed by atoms with van der Waals surface area (Å²) < 4.78 is 22.5. The number of carboxylic acids is 2. The van der Waals surface area contributed by atoms with Gasteiger partial charge in [0.05, 0.1) is 11.1 Å². The molecular formula is C10H12NO6S-. The number of carbonyl (C=O) groups is 2. The highest BCUT2D eigenvalue weighted by atomic mass is 32.2. The first kappa shape index (κ1) is 16.1. The fraction of sp³-hybridized carbons (Fsp3) is 0.200. The van der Waals surface area contributed by atoms with Crippen LogP contribution in [-0.4, -0.2) is 30.9 Å². The molecule has 0 fully saturated rings. The van der Waals surface area contributed by atoms with Crippen LogP contribution in [-0.2, 0) is 11.3 Å². The molecule has 0 aliphatic heterocycles. The van der Waals surface area contributed by atoms with E-state index in [1.165, 1.54) is 0 Å². The lowest BCUT2D eigenvalue weighted by Gasteiger charge is -2.10. The van der Waals surface area contributed by atoms with Gasteiger partial charge in [0, 0.05) is 17.0 Å². The second kappa shape index (κ2) is 7.41.